The fourth-order valence-corrected chi connectivity index (χ4v) is 3.38. The SMILES string of the molecule is CCC(C)CNS(=O)(=O)c1cc(S(C)(=O)=O)ccc1F. The summed E-state index contributed by atoms with van der Waals surface area (Å²) in [5.41, 5.74) is 0. The van der Waals surface area contributed by atoms with E-state index in [9.17, 15) is 21.2 Å². The minimum absolute atomic E-state index is 0.103. The van der Waals surface area contributed by atoms with Crippen LogP contribution in [0.25, 0.3) is 0 Å². The van der Waals surface area contributed by atoms with Crippen molar-refractivity contribution in [3.05, 3.63) is 24.0 Å². The summed E-state index contributed by atoms with van der Waals surface area (Å²) in [6.45, 7) is 3.93. The zero-order valence-corrected chi connectivity index (χ0v) is 13.2. The average Bonchev–Trinajstić information content (AvgIpc) is 2.34. The second kappa shape index (κ2) is 6.19. The Hall–Kier alpha value is -0.990. The number of hydrogen-bond acceptors (Lipinski definition) is 4. The monoisotopic (exact) mass is 323 g/mol. The van der Waals surface area contributed by atoms with Gasteiger partial charge in [-0.15, -0.1) is 0 Å². The van der Waals surface area contributed by atoms with Crippen molar-refractivity contribution >= 4 is 19.9 Å². The normalized spacial score (nSPS) is 14.2. The molecule has 0 aliphatic rings. The first-order chi connectivity index (χ1) is 9.08. The van der Waals surface area contributed by atoms with Crippen molar-refractivity contribution in [1.82, 2.24) is 4.72 Å². The second-order valence-corrected chi connectivity index (χ2v) is 8.48. The Labute approximate surface area is 119 Å². The third-order valence-corrected chi connectivity index (χ3v) is 5.49. The lowest BCUT2D eigenvalue weighted by Crippen LogP contribution is -2.29. The molecule has 0 saturated carbocycles. The quantitative estimate of drug-likeness (QED) is 0.806. The maximum Gasteiger partial charge on any atom is 0.243 e. The molecule has 1 aromatic carbocycles. The van der Waals surface area contributed by atoms with Gasteiger partial charge in [0.15, 0.2) is 9.84 Å². The zero-order chi connectivity index (χ0) is 15.6. The zero-order valence-electron chi connectivity index (χ0n) is 11.6. The van der Waals surface area contributed by atoms with Crippen molar-refractivity contribution < 1.29 is 21.2 Å². The molecule has 0 aromatic heterocycles. The summed E-state index contributed by atoms with van der Waals surface area (Å²) >= 11 is 0. The fraction of sp³-hybridized carbons (Fsp3) is 0.500. The molecule has 1 unspecified atom stereocenters. The second-order valence-electron chi connectivity index (χ2n) is 4.73. The summed E-state index contributed by atoms with van der Waals surface area (Å²) in [6.07, 6.45) is 1.71. The van der Waals surface area contributed by atoms with E-state index in [4.69, 9.17) is 0 Å². The Morgan fingerprint density at radius 2 is 1.85 bits per heavy atom. The molecular formula is C12H18FNO4S2. The van der Waals surface area contributed by atoms with Crippen LogP contribution in [0.4, 0.5) is 4.39 Å². The van der Waals surface area contributed by atoms with Gasteiger partial charge in [-0.1, -0.05) is 20.3 Å². The van der Waals surface area contributed by atoms with Crippen LogP contribution in [0.3, 0.4) is 0 Å². The lowest BCUT2D eigenvalue weighted by Gasteiger charge is -2.12. The van der Waals surface area contributed by atoms with E-state index in [1.807, 2.05) is 13.8 Å². The van der Waals surface area contributed by atoms with E-state index in [0.29, 0.717) is 0 Å². The van der Waals surface area contributed by atoms with Gasteiger partial charge in [-0.25, -0.2) is 25.9 Å². The Morgan fingerprint density at radius 1 is 1.25 bits per heavy atom. The van der Waals surface area contributed by atoms with Crippen LogP contribution in [0, 0.1) is 11.7 Å². The Balaban J connectivity index is 3.18. The van der Waals surface area contributed by atoms with Gasteiger partial charge in [-0.05, 0) is 24.1 Å². The van der Waals surface area contributed by atoms with Gasteiger partial charge in [0, 0.05) is 12.8 Å². The van der Waals surface area contributed by atoms with Gasteiger partial charge in [0.05, 0.1) is 4.90 Å². The Kier molecular flexibility index (Phi) is 5.28. The molecule has 0 spiro atoms. The molecule has 1 atom stereocenters. The van der Waals surface area contributed by atoms with E-state index >= 15 is 0 Å². The molecule has 0 aliphatic heterocycles. The van der Waals surface area contributed by atoms with Crippen molar-refractivity contribution in [3.63, 3.8) is 0 Å². The molecule has 114 valence electrons. The van der Waals surface area contributed by atoms with Crippen molar-refractivity contribution in [1.29, 1.82) is 0 Å². The van der Waals surface area contributed by atoms with Crippen LogP contribution in [0.15, 0.2) is 28.0 Å². The summed E-state index contributed by atoms with van der Waals surface area (Å²) in [5, 5.41) is 0. The number of benzene rings is 1. The highest BCUT2D eigenvalue weighted by Gasteiger charge is 2.22. The first kappa shape index (κ1) is 17.1. The summed E-state index contributed by atoms with van der Waals surface area (Å²) in [5.74, 6) is -0.875. The van der Waals surface area contributed by atoms with Gasteiger partial charge in [0.25, 0.3) is 0 Å². The molecule has 0 amide bonds. The van der Waals surface area contributed by atoms with E-state index in [1.165, 1.54) is 0 Å². The molecule has 8 heteroatoms. The third-order valence-electron chi connectivity index (χ3n) is 2.94. The lowest BCUT2D eigenvalue weighted by atomic mass is 10.1. The maximum absolute atomic E-state index is 13.6. The van der Waals surface area contributed by atoms with E-state index in [0.717, 1.165) is 30.9 Å². The smallest absolute Gasteiger partial charge is 0.224 e. The summed E-state index contributed by atoms with van der Waals surface area (Å²) in [6, 6.07) is 2.72. The predicted molar refractivity (Wildman–Crippen MR) is 74.2 cm³/mol. The minimum Gasteiger partial charge on any atom is -0.224 e. The van der Waals surface area contributed by atoms with Crippen molar-refractivity contribution in [2.75, 3.05) is 12.8 Å². The minimum atomic E-state index is -4.07. The van der Waals surface area contributed by atoms with E-state index < -0.39 is 30.6 Å². The molecule has 5 nitrogen and oxygen atoms in total. The molecule has 1 rings (SSSR count). The van der Waals surface area contributed by atoms with E-state index in [1.54, 1.807) is 0 Å². The maximum atomic E-state index is 13.6. The lowest BCUT2D eigenvalue weighted by molar-refractivity contribution is 0.520. The van der Waals surface area contributed by atoms with Gasteiger partial charge >= 0.3 is 0 Å². The first-order valence-electron chi connectivity index (χ1n) is 6.07. The van der Waals surface area contributed by atoms with Crippen LogP contribution in [-0.4, -0.2) is 29.6 Å². The van der Waals surface area contributed by atoms with Crippen molar-refractivity contribution in [2.24, 2.45) is 5.92 Å². The van der Waals surface area contributed by atoms with E-state index in [-0.39, 0.29) is 17.4 Å². The molecule has 0 heterocycles. The number of nitrogens with one attached hydrogen (secondary N) is 1. The fourth-order valence-electron chi connectivity index (χ4n) is 1.39. The molecule has 1 aromatic rings. The molecular weight excluding hydrogens is 305 g/mol. The van der Waals surface area contributed by atoms with Crippen molar-refractivity contribution in [2.45, 2.75) is 30.1 Å². The molecule has 1 N–H and O–H groups in total. The summed E-state index contributed by atoms with van der Waals surface area (Å²) < 4.78 is 62.7. The summed E-state index contributed by atoms with van der Waals surface area (Å²) in [7, 11) is -7.67. The number of hydrogen-bond donors (Lipinski definition) is 1. The van der Waals surface area contributed by atoms with Gasteiger partial charge in [-0.3, -0.25) is 0 Å². The van der Waals surface area contributed by atoms with E-state index in [2.05, 4.69) is 4.72 Å². The molecule has 0 aliphatic carbocycles. The van der Waals surface area contributed by atoms with Gasteiger partial charge < -0.3 is 0 Å². The number of halogens is 1. The third kappa shape index (κ3) is 4.26. The topological polar surface area (TPSA) is 80.3 Å². The average molecular weight is 323 g/mol. The Bertz CT molecular complexity index is 683. The molecule has 20 heavy (non-hydrogen) atoms. The molecule has 0 fully saturated rings. The standard InChI is InChI=1S/C12H18FNO4S2/c1-4-9(2)8-14-20(17,18)12-7-10(19(3,15)16)5-6-11(12)13/h5-7,9,14H,4,8H2,1-3H3. The van der Waals surface area contributed by atoms with Gasteiger partial charge in [0.1, 0.15) is 10.7 Å². The van der Waals surface area contributed by atoms with Crippen LogP contribution in [0.1, 0.15) is 20.3 Å². The predicted octanol–water partition coefficient (Wildman–Crippen LogP) is 1.55. The van der Waals surface area contributed by atoms with Crippen molar-refractivity contribution in [3.8, 4) is 0 Å². The Morgan fingerprint density at radius 3 is 2.35 bits per heavy atom. The summed E-state index contributed by atoms with van der Waals surface area (Å²) in [4.78, 5) is -0.883. The van der Waals surface area contributed by atoms with Crippen LogP contribution >= 0.6 is 0 Å². The van der Waals surface area contributed by atoms with Crippen LogP contribution in [0.5, 0.6) is 0 Å². The molecule has 0 radical (unpaired) electrons. The largest absolute Gasteiger partial charge is 0.243 e. The highest BCUT2D eigenvalue weighted by molar-refractivity contribution is 7.91. The molecule has 0 bridgehead atoms. The number of rotatable bonds is 6. The number of sulfonamides is 1. The van der Waals surface area contributed by atoms with Gasteiger partial charge in [-0.2, -0.15) is 0 Å². The van der Waals surface area contributed by atoms with Crippen LogP contribution in [0.2, 0.25) is 0 Å². The highest BCUT2D eigenvalue weighted by Crippen LogP contribution is 2.19. The number of sulfone groups is 1. The van der Waals surface area contributed by atoms with Crippen LogP contribution in [-0.2, 0) is 19.9 Å². The molecule has 0 saturated heterocycles. The van der Waals surface area contributed by atoms with Gasteiger partial charge in [0.2, 0.25) is 10.0 Å². The highest BCUT2D eigenvalue weighted by atomic mass is 32.2. The van der Waals surface area contributed by atoms with Crippen LogP contribution < -0.4 is 4.72 Å². The first-order valence-corrected chi connectivity index (χ1v) is 9.44.